The van der Waals surface area contributed by atoms with E-state index in [1.165, 1.54) is 5.57 Å². The molecule has 0 aromatic heterocycles. The van der Waals surface area contributed by atoms with Crippen molar-refractivity contribution >= 4 is 11.8 Å². The number of rotatable bonds is 0. The SMILES string of the molecule is C=C1CC[C@@H]2[C@H](OC(=O)[C@H]2C)[C@H]2[C@H](C)C(=O)C[C@@H]12. The first kappa shape index (κ1) is 11.9. The average molecular weight is 248 g/mol. The molecule has 1 saturated heterocycles. The summed E-state index contributed by atoms with van der Waals surface area (Å²) >= 11 is 0. The van der Waals surface area contributed by atoms with E-state index in [1.54, 1.807) is 0 Å². The first-order valence-corrected chi connectivity index (χ1v) is 6.91. The zero-order valence-corrected chi connectivity index (χ0v) is 11.0. The van der Waals surface area contributed by atoms with Gasteiger partial charge in [0.05, 0.1) is 5.92 Å². The van der Waals surface area contributed by atoms with Crippen LogP contribution < -0.4 is 0 Å². The van der Waals surface area contributed by atoms with Crippen molar-refractivity contribution in [3.8, 4) is 0 Å². The van der Waals surface area contributed by atoms with Gasteiger partial charge in [0.25, 0.3) is 0 Å². The molecule has 1 heterocycles. The van der Waals surface area contributed by atoms with Gasteiger partial charge in [-0.3, -0.25) is 9.59 Å². The minimum absolute atomic E-state index is 0.00968. The molecule has 3 heteroatoms. The summed E-state index contributed by atoms with van der Waals surface area (Å²) in [5.41, 5.74) is 1.19. The summed E-state index contributed by atoms with van der Waals surface area (Å²) in [4.78, 5) is 23.7. The Morgan fingerprint density at radius 1 is 1.22 bits per heavy atom. The highest BCUT2D eigenvalue weighted by molar-refractivity contribution is 5.84. The maximum absolute atomic E-state index is 12.0. The molecule has 0 spiro atoms. The van der Waals surface area contributed by atoms with Crippen molar-refractivity contribution < 1.29 is 14.3 Å². The van der Waals surface area contributed by atoms with E-state index in [0.717, 1.165) is 12.8 Å². The highest BCUT2D eigenvalue weighted by Gasteiger charge is 2.55. The number of ketones is 1. The fourth-order valence-corrected chi connectivity index (χ4v) is 4.14. The van der Waals surface area contributed by atoms with Gasteiger partial charge in [-0.15, -0.1) is 0 Å². The van der Waals surface area contributed by atoms with Crippen LogP contribution >= 0.6 is 0 Å². The normalized spacial score (nSPS) is 47.6. The number of allylic oxidation sites excluding steroid dienone is 1. The Morgan fingerprint density at radius 2 is 1.94 bits per heavy atom. The molecule has 0 aromatic rings. The third-order valence-corrected chi connectivity index (χ3v) is 5.36. The van der Waals surface area contributed by atoms with Crippen LogP contribution in [0.5, 0.6) is 0 Å². The van der Waals surface area contributed by atoms with Crippen LogP contribution in [-0.4, -0.2) is 17.9 Å². The van der Waals surface area contributed by atoms with Crippen LogP contribution in [0.4, 0.5) is 0 Å². The molecule has 0 bridgehead atoms. The van der Waals surface area contributed by atoms with Crippen molar-refractivity contribution in [2.75, 3.05) is 0 Å². The second-order valence-corrected chi connectivity index (χ2v) is 6.19. The van der Waals surface area contributed by atoms with Gasteiger partial charge >= 0.3 is 5.97 Å². The first-order valence-electron chi connectivity index (χ1n) is 6.91. The molecule has 3 nitrogen and oxygen atoms in total. The predicted octanol–water partition coefficient (Wildman–Crippen LogP) is 2.36. The molecule has 2 aliphatic carbocycles. The van der Waals surface area contributed by atoms with Gasteiger partial charge in [-0.05, 0) is 18.8 Å². The predicted molar refractivity (Wildman–Crippen MR) is 66.7 cm³/mol. The van der Waals surface area contributed by atoms with Crippen LogP contribution in [0.1, 0.15) is 33.1 Å². The van der Waals surface area contributed by atoms with Crippen molar-refractivity contribution in [3.63, 3.8) is 0 Å². The van der Waals surface area contributed by atoms with E-state index < -0.39 is 0 Å². The van der Waals surface area contributed by atoms with Gasteiger partial charge in [0, 0.05) is 24.2 Å². The lowest BCUT2D eigenvalue weighted by Gasteiger charge is -2.28. The summed E-state index contributed by atoms with van der Waals surface area (Å²) in [6.45, 7) is 8.11. The maximum Gasteiger partial charge on any atom is 0.309 e. The van der Waals surface area contributed by atoms with Crippen molar-refractivity contribution in [3.05, 3.63) is 12.2 Å². The lowest BCUT2D eigenvalue weighted by molar-refractivity contribution is -0.146. The quantitative estimate of drug-likeness (QED) is 0.488. The summed E-state index contributed by atoms with van der Waals surface area (Å²) in [5, 5.41) is 0. The number of ether oxygens (including phenoxy) is 1. The van der Waals surface area contributed by atoms with E-state index >= 15 is 0 Å². The number of carbonyl (C=O) groups is 2. The van der Waals surface area contributed by atoms with Crippen LogP contribution in [0.15, 0.2) is 12.2 Å². The first-order chi connectivity index (χ1) is 8.50. The Bertz CT molecular complexity index is 425. The summed E-state index contributed by atoms with van der Waals surface area (Å²) in [5.74, 6) is 0.898. The van der Waals surface area contributed by atoms with Crippen LogP contribution in [-0.2, 0) is 14.3 Å². The van der Waals surface area contributed by atoms with Gasteiger partial charge < -0.3 is 4.74 Å². The Labute approximate surface area is 108 Å². The Morgan fingerprint density at radius 3 is 2.67 bits per heavy atom. The molecular weight excluding hydrogens is 228 g/mol. The van der Waals surface area contributed by atoms with E-state index in [-0.39, 0.29) is 41.7 Å². The van der Waals surface area contributed by atoms with Crippen LogP contribution in [0.2, 0.25) is 0 Å². The molecule has 3 fully saturated rings. The third kappa shape index (κ3) is 1.49. The van der Waals surface area contributed by atoms with Gasteiger partial charge in [-0.1, -0.05) is 26.0 Å². The smallest absolute Gasteiger partial charge is 0.309 e. The molecule has 0 N–H and O–H groups in total. The van der Waals surface area contributed by atoms with Gasteiger partial charge in [-0.2, -0.15) is 0 Å². The fraction of sp³-hybridized carbons (Fsp3) is 0.733. The molecule has 2 saturated carbocycles. The Kier molecular flexibility index (Phi) is 2.61. The fourth-order valence-electron chi connectivity index (χ4n) is 4.14. The number of carbonyl (C=O) groups excluding carboxylic acids is 2. The molecule has 6 atom stereocenters. The summed E-state index contributed by atoms with van der Waals surface area (Å²) < 4.78 is 5.61. The molecule has 0 aromatic carbocycles. The molecule has 0 radical (unpaired) electrons. The maximum atomic E-state index is 12.0. The standard InChI is InChI=1S/C15H20O3/c1-7-4-5-10-8(2)15(17)18-14(10)13-9(3)12(16)6-11(7)13/h8-11,13-14H,1,4-6H2,2-3H3/t8-,9+,10-,11-,13-,14-/m0/s1. The van der Waals surface area contributed by atoms with Gasteiger partial charge in [0.15, 0.2) is 0 Å². The molecule has 3 aliphatic rings. The lowest BCUT2D eigenvalue weighted by atomic mass is 9.78. The largest absolute Gasteiger partial charge is 0.461 e. The van der Waals surface area contributed by atoms with Crippen LogP contribution in [0.25, 0.3) is 0 Å². The summed E-state index contributed by atoms with van der Waals surface area (Å²) in [6, 6.07) is 0. The average Bonchev–Trinajstić information content (AvgIpc) is 2.72. The Balaban J connectivity index is 1.98. The second kappa shape index (κ2) is 3.94. The minimum atomic E-state index is -0.0807. The summed E-state index contributed by atoms with van der Waals surface area (Å²) in [6.07, 6.45) is 2.45. The summed E-state index contributed by atoms with van der Waals surface area (Å²) in [7, 11) is 0. The molecule has 98 valence electrons. The van der Waals surface area contributed by atoms with E-state index in [2.05, 4.69) is 6.58 Å². The number of hydrogen-bond acceptors (Lipinski definition) is 3. The van der Waals surface area contributed by atoms with E-state index in [4.69, 9.17) is 4.74 Å². The highest BCUT2D eigenvalue weighted by atomic mass is 16.6. The zero-order chi connectivity index (χ0) is 13.0. The number of hydrogen-bond donors (Lipinski definition) is 0. The second-order valence-electron chi connectivity index (χ2n) is 6.19. The van der Waals surface area contributed by atoms with Gasteiger partial charge in [-0.25, -0.2) is 0 Å². The van der Waals surface area contributed by atoms with Crippen molar-refractivity contribution in [2.24, 2.45) is 29.6 Å². The van der Waals surface area contributed by atoms with Gasteiger partial charge in [0.2, 0.25) is 0 Å². The highest BCUT2D eigenvalue weighted by Crippen LogP contribution is 2.51. The van der Waals surface area contributed by atoms with E-state index in [9.17, 15) is 9.59 Å². The number of Topliss-reactive ketones (excluding diaryl/α,β-unsaturated/α-hetero) is 1. The van der Waals surface area contributed by atoms with Crippen molar-refractivity contribution in [1.82, 2.24) is 0 Å². The zero-order valence-electron chi connectivity index (χ0n) is 11.0. The lowest BCUT2D eigenvalue weighted by Crippen LogP contribution is -2.32. The van der Waals surface area contributed by atoms with E-state index in [1.807, 2.05) is 13.8 Å². The molecule has 18 heavy (non-hydrogen) atoms. The van der Waals surface area contributed by atoms with Gasteiger partial charge in [0.1, 0.15) is 11.9 Å². The van der Waals surface area contributed by atoms with Crippen molar-refractivity contribution in [2.45, 2.75) is 39.2 Å². The number of fused-ring (bicyclic) bond motifs is 3. The number of esters is 1. The van der Waals surface area contributed by atoms with Crippen LogP contribution in [0, 0.1) is 29.6 Å². The molecular formula is C15H20O3. The molecule has 0 amide bonds. The van der Waals surface area contributed by atoms with Crippen LogP contribution in [0.3, 0.4) is 0 Å². The third-order valence-electron chi connectivity index (χ3n) is 5.36. The molecule has 0 unspecified atom stereocenters. The Hall–Kier alpha value is -1.12. The van der Waals surface area contributed by atoms with E-state index in [0.29, 0.717) is 12.2 Å². The topological polar surface area (TPSA) is 43.4 Å². The minimum Gasteiger partial charge on any atom is -0.461 e. The van der Waals surface area contributed by atoms with Crippen molar-refractivity contribution in [1.29, 1.82) is 0 Å². The molecule has 3 rings (SSSR count). The monoisotopic (exact) mass is 248 g/mol. The molecule has 1 aliphatic heterocycles.